The minimum Gasteiger partial charge on any atom is -0.462 e. The normalized spacial score (nSPS) is 12.1. The van der Waals surface area contributed by atoms with Gasteiger partial charge in [0.05, 0.1) is 0 Å². The predicted octanol–water partition coefficient (Wildman–Crippen LogP) is 20.3. The molecule has 0 amide bonds. The van der Waals surface area contributed by atoms with Gasteiger partial charge in [-0.15, -0.1) is 0 Å². The predicted molar refractivity (Wildman–Crippen MR) is 293 cm³/mol. The molecule has 0 radical (unpaired) electrons. The number of ether oxygens (including phenoxy) is 3. The van der Waals surface area contributed by atoms with Crippen LogP contribution in [0.4, 0.5) is 0 Å². The first-order valence-corrected chi connectivity index (χ1v) is 30.6. The summed E-state index contributed by atoms with van der Waals surface area (Å²) in [5, 5.41) is 0. The Morgan fingerprint density at radius 3 is 0.632 bits per heavy atom. The van der Waals surface area contributed by atoms with E-state index in [1.165, 1.54) is 225 Å². The van der Waals surface area contributed by atoms with Crippen molar-refractivity contribution in [3.8, 4) is 0 Å². The summed E-state index contributed by atoms with van der Waals surface area (Å²) in [5.41, 5.74) is 0. The third kappa shape index (κ3) is 55.3. The highest BCUT2D eigenvalue weighted by molar-refractivity contribution is 5.71. The molecule has 0 fully saturated rings. The minimum absolute atomic E-state index is 0.0632. The zero-order valence-electron chi connectivity index (χ0n) is 46.9. The summed E-state index contributed by atoms with van der Waals surface area (Å²) in [6.07, 6.45) is 56.7. The van der Waals surface area contributed by atoms with Gasteiger partial charge in [0, 0.05) is 19.3 Å². The second kappa shape index (κ2) is 53.2. The van der Waals surface area contributed by atoms with Crippen LogP contribution in [0, 0.1) is 17.8 Å². The van der Waals surface area contributed by atoms with Gasteiger partial charge in [-0.05, 0) is 37.0 Å². The van der Waals surface area contributed by atoms with Crippen molar-refractivity contribution in [2.75, 3.05) is 13.2 Å². The summed E-state index contributed by atoms with van der Waals surface area (Å²) in [7, 11) is 0. The highest BCUT2D eigenvalue weighted by Crippen LogP contribution is 2.19. The molecule has 68 heavy (non-hydrogen) atoms. The fourth-order valence-electron chi connectivity index (χ4n) is 9.53. The van der Waals surface area contributed by atoms with Gasteiger partial charge in [0.15, 0.2) is 6.10 Å². The fourth-order valence-corrected chi connectivity index (χ4v) is 9.53. The van der Waals surface area contributed by atoms with Crippen molar-refractivity contribution in [1.82, 2.24) is 0 Å². The van der Waals surface area contributed by atoms with Crippen LogP contribution in [-0.4, -0.2) is 37.2 Å². The maximum Gasteiger partial charge on any atom is 0.306 e. The number of carbonyl (C=O) groups excluding carboxylic acids is 3. The molecule has 0 aromatic carbocycles. The van der Waals surface area contributed by atoms with Crippen molar-refractivity contribution in [2.45, 2.75) is 349 Å². The van der Waals surface area contributed by atoms with Crippen LogP contribution in [0.25, 0.3) is 0 Å². The molecule has 0 N–H and O–H groups in total. The van der Waals surface area contributed by atoms with E-state index in [1.807, 2.05) is 0 Å². The van der Waals surface area contributed by atoms with Gasteiger partial charge in [0.2, 0.25) is 0 Å². The molecular formula is C62H120O6. The van der Waals surface area contributed by atoms with Crippen molar-refractivity contribution in [3.05, 3.63) is 0 Å². The third-order valence-electron chi connectivity index (χ3n) is 14.1. The lowest BCUT2D eigenvalue weighted by Crippen LogP contribution is -2.30. The van der Waals surface area contributed by atoms with Gasteiger partial charge < -0.3 is 14.2 Å². The molecule has 0 rings (SSSR count). The van der Waals surface area contributed by atoms with Crippen molar-refractivity contribution < 1.29 is 28.6 Å². The van der Waals surface area contributed by atoms with Gasteiger partial charge in [0.1, 0.15) is 13.2 Å². The monoisotopic (exact) mass is 961 g/mol. The molecule has 0 aliphatic rings. The van der Waals surface area contributed by atoms with Crippen molar-refractivity contribution in [2.24, 2.45) is 17.8 Å². The van der Waals surface area contributed by atoms with E-state index in [0.29, 0.717) is 19.3 Å². The zero-order valence-corrected chi connectivity index (χ0v) is 46.9. The lowest BCUT2D eigenvalue weighted by Gasteiger charge is -2.18. The molecule has 0 unspecified atom stereocenters. The van der Waals surface area contributed by atoms with Crippen LogP contribution in [0.2, 0.25) is 0 Å². The zero-order chi connectivity index (χ0) is 49.8. The molecule has 0 saturated heterocycles. The van der Waals surface area contributed by atoms with Crippen LogP contribution in [-0.2, 0) is 28.6 Å². The van der Waals surface area contributed by atoms with E-state index in [0.717, 1.165) is 75.5 Å². The number of esters is 3. The Kier molecular flexibility index (Phi) is 52.0. The first-order valence-electron chi connectivity index (χ1n) is 30.6. The molecular weight excluding hydrogens is 841 g/mol. The molecule has 0 saturated carbocycles. The molecule has 1 atom stereocenters. The lowest BCUT2D eigenvalue weighted by molar-refractivity contribution is -0.167. The van der Waals surface area contributed by atoms with Gasteiger partial charge >= 0.3 is 17.9 Å². The summed E-state index contributed by atoms with van der Waals surface area (Å²) in [6.45, 7) is 13.8. The van der Waals surface area contributed by atoms with E-state index in [1.54, 1.807) is 0 Å². The standard InChI is InChI=1S/C62H120O6/c1-56(2)48-42-36-30-24-18-14-11-9-7-8-10-12-16-20-27-33-39-45-51-60(63)66-54-59(68-62(65)53-47-41-35-29-23-22-26-32-38-44-50-58(5)6)55-67-61(64)52-46-40-34-28-21-17-13-15-19-25-31-37-43-49-57(3)4/h56-59H,7-55H2,1-6H3/t59-/m1/s1. The van der Waals surface area contributed by atoms with Crippen molar-refractivity contribution >= 4 is 17.9 Å². The summed E-state index contributed by atoms with van der Waals surface area (Å²) in [6, 6.07) is 0. The Hall–Kier alpha value is -1.59. The highest BCUT2D eigenvalue weighted by Gasteiger charge is 2.19. The Morgan fingerprint density at radius 2 is 0.426 bits per heavy atom. The van der Waals surface area contributed by atoms with Crippen LogP contribution < -0.4 is 0 Å². The molecule has 0 aliphatic heterocycles. The molecule has 0 bridgehead atoms. The summed E-state index contributed by atoms with van der Waals surface area (Å²) >= 11 is 0. The number of hydrogen-bond donors (Lipinski definition) is 0. The third-order valence-corrected chi connectivity index (χ3v) is 14.1. The van der Waals surface area contributed by atoms with E-state index >= 15 is 0 Å². The molecule has 0 aromatic rings. The van der Waals surface area contributed by atoms with E-state index in [4.69, 9.17) is 14.2 Å². The Morgan fingerprint density at radius 1 is 0.250 bits per heavy atom. The van der Waals surface area contributed by atoms with Gasteiger partial charge in [0.25, 0.3) is 0 Å². The number of carbonyl (C=O) groups is 3. The highest BCUT2D eigenvalue weighted by atomic mass is 16.6. The quantitative estimate of drug-likeness (QED) is 0.0343. The average molecular weight is 962 g/mol. The van der Waals surface area contributed by atoms with Gasteiger partial charge in [-0.1, -0.05) is 305 Å². The van der Waals surface area contributed by atoms with Gasteiger partial charge in [-0.2, -0.15) is 0 Å². The maximum atomic E-state index is 12.9. The van der Waals surface area contributed by atoms with Crippen molar-refractivity contribution in [3.63, 3.8) is 0 Å². The summed E-state index contributed by atoms with van der Waals surface area (Å²) in [4.78, 5) is 38.2. The van der Waals surface area contributed by atoms with Crippen LogP contribution >= 0.6 is 0 Å². The lowest BCUT2D eigenvalue weighted by atomic mass is 10.0. The van der Waals surface area contributed by atoms with Crippen LogP contribution in [0.5, 0.6) is 0 Å². The number of unbranched alkanes of at least 4 members (excludes halogenated alkanes) is 38. The molecule has 0 aromatic heterocycles. The van der Waals surface area contributed by atoms with Gasteiger partial charge in [-0.3, -0.25) is 14.4 Å². The number of rotatable bonds is 55. The molecule has 6 heteroatoms. The van der Waals surface area contributed by atoms with E-state index < -0.39 is 6.10 Å². The molecule has 0 aliphatic carbocycles. The number of hydrogen-bond acceptors (Lipinski definition) is 6. The van der Waals surface area contributed by atoms with Gasteiger partial charge in [-0.25, -0.2) is 0 Å². The Bertz CT molecular complexity index is 1050. The van der Waals surface area contributed by atoms with E-state index in [-0.39, 0.29) is 31.1 Å². The molecule has 0 heterocycles. The first kappa shape index (κ1) is 66.4. The summed E-state index contributed by atoms with van der Waals surface area (Å²) in [5.74, 6) is 1.67. The fraction of sp³-hybridized carbons (Fsp3) is 0.952. The first-order chi connectivity index (χ1) is 33.1. The van der Waals surface area contributed by atoms with Crippen molar-refractivity contribution in [1.29, 1.82) is 0 Å². The maximum absolute atomic E-state index is 12.9. The van der Waals surface area contributed by atoms with Crippen LogP contribution in [0.3, 0.4) is 0 Å². The SMILES string of the molecule is CC(C)CCCCCCCCCCCCCCCCCCCCC(=O)OC[C@H](COC(=O)CCCCCCCCCCCCCCCC(C)C)OC(=O)CCCCCCCCCCCCC(C)C. The largest absolute Gasteiger partial charge is 0.462 e. The average Bonchev–Trinajstić information content (AvgIpc) is 3.30. The van der Waals surface area contributed by atoms with E-state index in [9.17, 15) is 14.4 Å². The molecule has 6 nitrogen and oxygen atoms in total. The minimum atomic E-state index is -0.764. The second-order valence-corrected chi connectivity index (χ2v) is 22.8. The Balaban J connectivity index is 4.24. The molecule has 0 spiro atoms. The topological polar surface area (TPSA) is 78.9 Å². The molecule has 404 valence electrons. The van der Waals surface area contributed by atoms with E-state index in [2.05, 4.69) is 41.5 Å². The Labute approximate surface area is 425 Å². The smallest absolute Gasteiger partial charge is 0.306 e. The van der Waals surface area contributed by atoms with Crippen LogP contribution in [0.15, 0.2) is 0 Å². The second-order valence-electron chi connectivity index (χ2n) is 22.8. The summed E-state index contributed by atoms with van der Waals surface area (Å²) < 4.78 is 16.9. The van der Waals surface area contributed by atoms with Crippen LogP contribution in [0.1, 0.15) is 343 Å².